The van der Waals surface area contributed by atoms with E-state index in [1.807, 2.05) is 0 Å². The summed E-state index contributed by atoms with van der Waals surface area (Å²) in [6.07, 6.45) is 1.75. The number of rotatable bonds is 4. The molecule has 8 heteroatoms. The summed E-state index contributed by atoms with van der Waals surface area (Å²) in [6.45, 7) is 0. The van der Waals surface area contributed by atoms with Crippen LogP contribution in [0, 0.1) is 0 Å². The number of carbonyl (C=O) groups excluding carboxylic acids is 1. The van der Waals surface area contributed by atoms with Crippen LogP contribution < -0.4 is 10.1 Å². The van der Waals surface area contributed by atoms with Crippen LogP contribution in [0.3, 0.4) is 0 Å². The lowest BCUT2D eigenvalue weighted by Crippen LogP contribution is -2.18. The third kappa shape index (κ3) is 3.86. The van der Waals surface area contributed by atoms with E-state index in [0.717, 1.165) is 17.3 Å². The standard InChI is InChI=1S/C18H14N2O5S/c1-25-14-8-10(2-7-13(14)21)9-15-16(20-18(24)26-15)19-12-5-3-11(4-6-12)17(22)23/h2-9,21H,1H3,(H,22,23)(H,19,20,24)/b15-9-. The number of phenolic OH excluding ortho intramolecular Hbond substituents is 1. The zero-order valence-electron chi connectivity index (χ0n) is 13.6. The molecule has 2 aromatic rings. The molecule has 0 aromatic heterocycles. The number of thioether (sulfide) groups is 1. The number of ether oxygens (including phenoxy) is 1. The van der Waals surface area contributed by atoms with Gasteiger partial charge in [-0.3, -0.25) is 4.79 Å². The summed E-state index contributed by atoms with van der Waals surface area (Å²) in [5.74, 6) is -0.300. The number of carboxylic acid groups (broad SMARTS) is 1. The highest BCUT2D eigenvalue weighted by Crippen LogP contribution is 2.31. The van der Waals surface area contributed by atoms with Crippen LogP contribution in [0.2, 0.25) is 0 Å². The molecule has 3 rings (SSSR count). The quantitative estimate of drug-likeness (QED) is 0.758. The summed E-state index contributed by atoms with van der Waals surface area (Å²) in [5, 5.41) is 21.0. The van der Waals surface area contributed by atoms with Gasteiger partial charge in [-0.1, -0.05) is 6.07 Å². The largest absolute Gasteiger partial charge is 0.504 e. The van der Waals surface area contributed by atoms with E-state index in [1.165, 1.54) is 25.3 Å². The SMILES string of the molecule is COc1cc(/C=C2\SC(=O)NC2=Nc2ccc(C(=O)O)cc2)ccc1O. The van der Waals surface area contributed by atoms with Gasteiger partial charge in [-0.2, -0.15) is 0 Å². The Morgan fingerprint density at radius 3 is 2.62 bits per heavy atom. The number of aliphatic imine (C=N–C) groups is 1. The Hall–Kier alpha value is -3.26. The van der Waals surface area contributed by atoms with E-state index < -0.39 is 5.97 Å². The van der Waals surface area contributed by atoms with Crippen LogP contribution in [-0.4, -0.2) is 34.4 Å². The molecular weight excluding hydrogens is 356 g/mol. The van der Waals surface area contributed by atoms with Gasteiger partial charge >= 0.3 is 5.97 Å². The number of carboxylic acids is 1. The molecule has 0 radical (unpaired) electrons. The molecule has 1 aliphatic rings. The summed E-state index contributed by atoms with van der Waals surface area (Å²) in [6, 6.07) is 10.8. The van der Waals surface area contributed by atoms with Gasteiger partial charge in [0.2, 0.25) is 0 Å². The smallest absolute Gasteiger partial charge is 0.335 e. The van der Waals surface area contributed by atoms with E-state index in [4.69, 9.17) is 9.84 Å². The highest BCUT2D eigenvalue weighted by molar-refractivity contribution is 8.18. The average Bonchev–Trinajstić information content (AvgIpc) is 2.96. The molecule has 26 heavy (non-hydrogen) atoms. The number of phenols is 1. The Labute approximate surface area is 153 Å². The molecule has 7 nitrogen and oxygen atoms in total. The molecule has 0 saturated carbocycles. The predicted octanol–water partition coefficient (Wildman–Crippen LogP) is 3.63. The zero-order valence-corrected chi connectivity index (χ0v) is 14.4. The molecule has 1 heterocycles. The van der Waals surface area contributed by atoms with Crippen LogP contribution in [-0.2, 0) is 0 Å². The van der Waals surface area contributed by atoms with Gasteiger partial charge in [0.1, 0.15) is 5.84 Å². The first kappa shape index (κ1) is 17.6. The lowest BCUT2D eigenvalue weighted by atomic mass is 10.2. The highest BCUT2D eigenvalue weighted by Gasteiger charge is 2.23. The van der Waals surface area contributed by atoms with E-state index >= 15 is 0 Å². The summed E-state index contributed by atoms with van der Waals surface area (Å²) in [7, 11) is 1.45. The van der Waals surface area contributed by atoms with Crippen molar-refractivity contribution in [2.24, 2.45) is 4.99 Å². The van der Waals surface area contributed by atoms with Gasteiger partial charge < -0.3 is 20.3 Å². The van der Waals surface area contributed by atoms with E-state index in [9.17, 15) is 14.7 Å². The number of nitrogens with zero attached hydrogens (tertiary/aromatic N) is 1. The number of amides is 1. The second-order valence-electron chi connectivity index (χ2n) is 5.27. The van der Waals surface area contributed by atoms with Gasteiger partial charge in [0, 0.05) is 0 Å². The molecule has 3 N–H and O–H groups in total. The molecule has 0 aliphatic carbocycles. The number of benzene rings is 2. The van der Waals surface area contributed by atoms with Gasteiger partial charge in [0.05, 0.1) is 23.3 Å². The van der Waals surface area contributed by atoms with Crippen LogP contribution in [0.1, 0.15) is 15.9 Å². The van der Waals surface area contributed by atoms with Crippen molar-refractivity contribution in [3.05, 3.63) is 58.5 Å². The normalized spacial score (nSPS) is 16.7. The molecule has 1 fully saturated rings. The van der Waals surface area contributed by atoms with Crippen LogP contribution in [0.5, 0.6) is 11.5 Å². The molecule has 0 spiro atoms. The Balaban J connectivity index is 1.93. The number of aromatic carboxylic acids is 1. The topological polar surface area (TPSA) is 108 Å². The Bertz CT molecular complexity index is 935. The van der Waals surface area contributed by atoms with E-state index in [2.05, 4.69) is 10.3 Å². The summed E-state index contributed by atoms with van der Waals surface area (Å²) < 4.78 is 5.08. The number of amidine groups is 1. The van der Waals surface area contributed by atoms with Crippen molar-refractivity contribution in [3.8, 4) is 11.5 Å². The molecule has 1 aliphatic heterocycles. The fourth-order valence-electron chi connectivity index (χ4n) is 2.26. The summed E-state index contributed by atoms with van der Waals surface area (Å²) in [4.78, 5) is 27.6. The minimum atomic E-state index is -1.02. The fourth-order valence-corrected chi connectivity index (χ4v) is 2.99. The third-order valence-corrected chi connectivity index (χ3v) is 4.33. The molecular formula is C18H14N2O5S. The van der Waals surface area contributed by atoms with Crippen molar-refractivity contribution in [3.63, 3.8) is 0 Å². The van der Waals surface area contributed by atoms with E-state index in [0.29, 0.717) is 22.2 Å². The third-order valence-electron chi connectivity index (χ3n) is 3.51. The van der Waals surface area contributed by atoms with Crippen molar-refractivity contribution in [2.75, 3.05) is 7.11 Å². The van der Waals surface area contributed by atoms with Crippen molar-refractivity contribution < 1.29 is 24.5 Å². The Kier molecular flexibility index (Phi) is 4.94. The average molecular weight is 370 g/mol. The van der Waals surface area contributed by atoms with Crippen molar-refractivity contribution in [2.45, 2.75) is 0 Å². The van der Waals surface area contributed by atoms with Gasteiger partial charge in [-0.25, -0.2) is 9.79 Å². The Morgan fingerprint density at radius 2 is 1.96 bits per heavy atom. The number of carbonyl (C=O) groups is 2. The van der Waals surface area contributed by atoms with Crippen LogP contribution >= 0.6 is 11.8 Å². The van der Waals surface area contributed by atoms with Crippen LogP contribution in [0.15, 0.2) is 52.4 Å². The van der Waals surface area contributed by atoms with Crippen molar-refractivity contribution in [1.82, 2.24) is 5.32 Å². The molecule has 0 bridgehead atoms. The fraction of sp³-hybridized carbons (Fsp3) is 0.0556. The lowest BCUT2D eigenvalue weighted by molar-refractivity contribution is 0.0697. The first-order chi connectivity index (χ1) is 12.5. The molecule has 0 atom stereocenters. The van der Waals surface area contributed by atoms with Crippen LogP contribution in [0.4, 0.5) is 10.5 Å². The lowest BCUT2D eigenvalue weighted by Gasteiger charge is -2.05. The van der Waals surface area contributed by atoms with Gasteiger partial charge in [-0.05, 0) is 59.8 Å². The second-order valence-corrected chi connectivity index (χ2v) is 6.28. The van der Waals surface area contributed by atoms with Crippen molar-refractivity contribution in [1.29, 1.82) is 0 Å². The maximum Gasteiger partial charge on any atom is 0.335 e. The first-order valence-electron chi connectivity index (χ1n) is 7.46. The maximum atomic E-state index is 11.8. The molecule has 0 unspecified atom stereocenters. The van der Waals surface area contributed by atoms with Crippen molar-refractivity contribution >= 4 is 40.6 Å². The molecule has 132 valence electrons. The maximum absolute atomic E-state index is 11.8. The van der Waals surface area contributed by atoms with Gasteiger partial charge in [0.15, 0.2) is 11.5 Å². The number of hydrogen-bond donors (Lipinski definition) is 3. The molecule has 1 saturated heterocycles. The van der Waals surface area contributed by atoms with E-state index in [-0.39, 0.29) is 16.6 Å². The number of hydrogen-bond acceptors (Lipinski definition) is 6. The molecule has 2 aromatic carbocycles. The minimum Gasteiger partial charge on any atom is -0.504 e. The van der Waals surface area contributed by atoms with E-state index in [1.54, 1.807) is 30.3 Å². The highest BCUT2D eigenvalue weighted by atomic mass is 32.2. The van der Waals surface area contributed by atoms with Crippen LogP contribution in [0.25, 0.3) is 6.08 Å². The van der Waals surface area contributed by atoms with Gasteiger partial charge in [0.25, 0.3) is 5.24 Å². The number of nitrogens with one attached hydrogen (secondary N) is 1. The Morgan fingerprint density at radius 1 is 1.23 bits per heavy atom. The second kappa shape index (κ2) is 7.32. The minimum absolute atomic E-state index is 0.0235. The summed E-state index contributed by atoms with van der Waals surface area (Å²) in [5.41, 5.74) is 1.40. The predicted molar refractivity (Wildman–Crippen MR) is 99.3 cm³/mol. The zero-order chi connectivity index (χ0) is 18.7. The monoisotopic (exact) mass is 370 g/mol. The number of aromatic hydroxyl groups is 1. The van der Waals surface area contributed by atoms with Gasteiger partial charge in [-0.15, -0.1) is 0 Å². The first-order valence-corrected chi connectivity index (χ1v) is 8.28. The number of methoxy groups -OCH3 is 1. The molecule has 1 amide bonds. The summed E-state index contributed by atoms with van der Waals surface area (Å²) >= 11 is 0.996.